The number of aldehydes is 1. The molecule has 0 bridgehead atoms. The van der Waals surface area contributed by atoms with Gasteiger partial charge in [-0.15, -0.1) is 0 Å². The monoisotopic (exact) mass is 203 g/mol. The second kappa shape index (κ2) is 3.24. The molecule has 0 radical (unpaired) electrons. The third-order valence-corrected chi connectivity index (χ3v) is 2.30. The van der Waals surface area contributed by atoms with Crippen LogP contribution in [0.2, 0.25) is 0 Å². The van der Waals surface area contributed by atoms with Crippen molar-refractivity contribution in [3.8, 4) is 5.75 Å². The number of aryl methyl sites for hydroxylation is 1. The number of pyridine rings is 1. The molecule has 0 spiro atoms. The normalized spacial score (nSPS) is 10.5. The minimum absolute atomic E-state index is 0.230. The molecule has 0 atom stereocenters. The van der Waals surface area contributed by atoms with Gasteiger partial charge in [0, 0.05) is 5.39 Å². The van der Waals surface area contributed by atoms with E-state index in [1.165, 1.54) is 0 Å². The summed E-state index contributed by atoms with van der Waals surface area (Å²) < 4.78 is 0. The van der Waals surface area contributed by atoms with Crippen molar-refractivity contribution in [2.45, 2.75) is 6.92 Å². The van der Waals surface area contributed by atoms with E-state index < -0.39 is 5.56 Å². The number of aromatic amines is 1. The number of carbonyl (C=O) groups is 1. The molecular weight excluding hydrogens is 194 g/mol. The maximum Gasteiger partial charge on any atom is 0.262 e. The summed E-state index contributed by atoms with van der Waals surface area (Å²) in [5.74, 6) is -0.260. The van der Waals surface area contributed by atoms with Crippen LogP contribution in [-0.2, 0) is 0 Å². The number of H-pyrrole nitrogens is 1. The minimum Gasteiger partial charge on any atom is -0.506 e. The first-order chi connectivity index (χ1) is 7.13. The van der Waals surface area contributed by atoms with E-state index >= 15 is 0 Å². The van der Waals surface area contributed by atoms with Crippen LogP contribution in [0.1, 0.15) is 15.9 Å². The van der Waals surface area contributed by atoms with Gasteiger partial charge in [0.15, 0.2) is 6.29 Å². The summed E-state index contributed by atoms with van der Waals surface area (Å²) in [7, 11) is 0. The Hall–Kier alpha value is -2.10. The molecule has 0 saturated carbocycles. The maximum atomic E-state index is 11.3. The fourth-order valence-corrected chi connectivity index (χ4v) is 1.52. The second-order valence-electron chi connectivity index (χ2n) is 3.38. The number of nitrogens with one attached hydrogen (secondary N) is 1. The highest BCUT2D eigenvalue weighted by Gasteiger charge is 2.10. The quantitative estimate of drug-likeness (QED) is 0.687. The molecule has 1 aromatic heterocycles. The second-order valence-corrected chi connectivity index (χ2v) is 3.38. The van der Waals surface area contributed by atoms with Gasteiger partial charge >= 0.3 is 0 Å². The summed E-state index contributed by atoms with van der Waals surface area (Å²) in [5.41, 5.74) is 0.700. The molecule has 15 heavy (non-hydrogen) atoms. The average molecular weight is 203 g/mol. The van der Waals surface area contributed by atoms with Crippen LogP contribution in [0, 0.1) is 6.92 Å². The van der Waals surface area contributed by atoms with E-state index in [2.05, 4.69) is 4.98 Å². The first kappa shape index (κ1) is 9.45. The zero-order chi connectivity index (χ0) is 11.0. The fourth-order valence-electron chi connectivity index (χ4n) is 1.52. The molecule has 0 unspecified atom stereocenters. The summed E-state index contributed by atoms with van der Waals surface area (Å²) in [5, 5.41) is 10.1. The van der Waals surface area contributed by atoms with E-state index in [9.17, 15) is 14.7 Å². The van der Waals surface area contributed by atoms with E-state index in [4.69, 9.17) is 0 Å². The number of benzene rings is 1. The van der Waals surface area contributed by atoms with Crippen LogP contribution in [0.5, 0.6) is 5.75 Å². The molecule has 4 heteroatoms. The standard InChI is InChI=1S/C11H9NO3/c1-6-2-3-7-9(4-6)12-11(15)8(5-13)10(7)14/h2-5H,1H3,(H2,12,14,15). The topological polar surface area (TPSA) is 70.2 Å². The Labute approximate surface area is 85.2 Å². The lowest BCUT2D eigenvalue weighted by atomic mass is 10.1. The Balaban J connectivity index is 2.97. The highest BCUT2D eigenvalue weighted by Crippen LogP contribution is 2.24. The number of hydrogen-bond acceptors (Lipinski definition) is 3. The molecule has 0 fully saturated rings. The first-order valence-corrected chi connectivity index (χ1v) is 4.44. The lowest BCUT2D eigenvalue weighted by Gasteiger charge is -2.03. The Morgan fingerprint density at radius 2 is 2.13 bits per heavy atom. The predicted molar refractivity (Wildman–Crippen MR) is 56.4 cm³/mol. The van der Waals surface area contributed by atoms with Crippen LogP contribution in [0.25, 0.3) is 10.9 Å². The van der Waals surface area contributed by atoms with Crippen LogP contribution >= 0.6 is 0 Å². The van der Waals surface area contributed by atoms with Crippen molar-refractivity contribution in [2.75, 3.05) is 0 Å². The van der Waals surface area contributed by atoms with Gasteiger partial charge in [0.05, 0.1) is 5.52 Å². The molecule has 2 N–H and O–H groups in total. The molecule has 1 aromatic carbocycles. The van der Waals surface area contributed by atoms with Crippen LogP contribution in [0.3, 0.4) is 0 Å². The van der Waals surface area contributed by atoms with E-state index in [1.54, 1.807) is 18.2 Å². The molecule has 0 amide bonds. The van der Waals surface area contributed by atoms with Crippen molar-refractivity contribution in [2.24, 2.45) is 0 Å². The summed E-state index contributed by atoms with van der Waals surface area (Å²) in [6.45, 7) is 1.88. The van der Waals surface area contributed by atoms with Crippen molar-refractivity contribution < 1.29 is 9.90 Å². The zero-order valence-electron chi connectivity index (χ0n) is 8.07. The Bertz CT molecular complexity index is 599. The maximum absolute atomic E-state index is 11.3. The summed E-state index contributed by atoms with van der Waals surface area (Å²) >= 11 is 0. The van der Waals surface area contributed by atoms with Gasteiger partial charge in [0.25, 0.3) is 5.56 Å². The Kier molecular flexibility index (Phi) is 2.04. The third kappa shape index (κ3) is 1.40. The largest absolute Gasteiger partial charge is 0.506 e. The predicted octanol–water partition coefficient (Wildman–Crippen LogP) is 1.35. The number of fused-ring (bicyclic) bond motifs is 1. The molecular formula is C11H9NO3. The van der Waals surface area contributed by atoms with Gasteiger partial charge in [0.1, 0.15) is 11.3 Å². The SMILES string of the molecule is Cc1ccc2c(O)c(C=O)c(=O)[nH]c2c1. The van der Waals surface area contributed by atoms with Crippen molar-refractivity contribution in [1.82, 2.24) is 4.98 Å². The van der Waals surface area contributed by atoms with Gasteiger partial charge in [-0.25, -0.2) is 0 Å². The lowest BCUT2D eigenvalue weighted by molar-refractivity contribution is 0.112. The van der Waals surface area contributed by atoms with Crippen molar-refractivity contribution in [3.63, 3.8) is 0 Å². The van der Waals surface area contributed by atoms with Crippen LogP contribution < -0.4 is 5.56 Å². The Morgan fingerprint density at radius 1 is 1.40 bits per heavy atom. The molecule has 0 saturated heterocycles. The molecule has 2 aromatic rings. The summed E-state index contributed by atoms with van der Waals surface area (Å²) in [6.07, 6.45) is 0.355. The molecule has 1 heterocycles. The van der Waals surface area contributed by atoms with Crippen LogP contribution in [-0.4, -0.2) is 16.4 Å². The molecule has 76 valence electrons. The molecule has 0 aliphatic rings. The van der Waals surface area contributed by atoms with Crippen molar-refractivity contribution in [1.29, 1.82) is 0 Å². The third-order valence-electron chi connectivity index (χ3n) is 2.30. The molecule has 4 nitrogen and oxygen atoms in total. The van der Waals surface area contributed by atoms with E-state index in [0.717, 1.165) is 5.56 Å². The number of aromatic hydroxyl groups is 1. The first-order valence-electron chi connectivity index (χ1n) is 4.44. The van der Waals surface area contributed by atoms with Gasteiger partial charge < -0.3 is 10.1 Å². The Morgan fingerprint density at radius 3 is 2.80 bits per heavy atom. The van der Waals surface area contributed by atoms with E-state index in [1.807, 2.05) is 6.92 Å². The van der Waals surface area contributed by atoms with E-state index in [0.29, 0.717) is 17.2 Å². The highest BCUT2D eigenvalue weighted by molar-refractivity contribution is 5.93. The van der Waals surface area contributed by atoms with Crippen LogP contribution in [0.15, 0.2) is 23.0 Å². The molecule has 2 rings (SSSR count). The van der Waals surface area contributed by atoms with Gasteiger partial charge in [-0.1, -0.05) is 6.07 Å². The fraction of sp³-hybridized carbons (Fsp3) is 0.0909. The van der Waals surface area contributed by atoms with Crippen molar-refractivity contribution in [3.05, 3.63) is 39.7 Å². The smallest absolute Gasteiger partial charge is 0.262 e. The minimum atomic E-state index is -0.569. The van der Waals surface area contributed by atoms with Gasteiger partial charge in [0.2, 0.25) is 0 Å². The average Bonchev–Trinajstić information content (AvgIpc) is 2.17. The number of rotatable bonds is 1. The number of hydrogen-bond donors (Lipinski definition) is 2. The van der Waals surface area contributed by atoms with E-state index in [-0.39, 0.29) is 11.3 Å². The van der Waals surface area contributed by atoms with Crippen LogP contribution in [0.4, 0.5) is 0 Å². The number of carbonyl (C=O) groups excluding carboxylic acids is 1. The van der Waals surface area contributed by atoms with Gasteiger partial charge in [-0.3, -0.25) is 9.59 Å². The highest BCUT2D eigenvalue weighted by atomic mass is 16.3. The summed E-state index contributed by atoms with van der Waals surface area (Å²) in [4.78, 5) is 24.5. The van der Waals surface area contributed by atoms with Gasteiger partial charge in [-0.2, -0.15) is 0 Å². The van der Waals surface area contributed by atoms with Crippen molar-refractivity contribution >= 4 is 17.2 Å². The summed E-state index contributed by atoms with van der Waals surface area (Å²) in [6, 6.07) is 5.21. The zero-order valence-corrected chi connectivity index (χ0v) is 8.07. The molecule has 0 aliphatic heterocycles. The number of aromatic nitrogens is 1. The molecule has 0 aliphatic carbocycles. The lowest BCUT2D eigenvalue weighted by Crippen LogP contribution is -2.11. The van der Waals surface area contributed by atoms with Gasteiger partial charge in [-0.05, 0) is 24.6 Å².